The normalized spacial score (nSPS) is 11.0. The van der Waals surface area contributed by atoms with Crippen LogP contribution in [0.4, 0.5) is 0 Å². The molecule has 120 valence electrons. The Balaban J connectivity index is 1.36. The largest absolute Gasteiger partial charge is 0.356 e. The van der Waals surface area contributed by atoms with Crippen LogP contribution in [0.3, 0.4) is 0 Å². The van der Waals surface area contributed by atoms with Gasteiger partial charge in [-0.15, -0.1) is 11.3 Å². The number of benzene rings is 1. The van der Waals surface area contributed by atoms with Gasteiger partial charge < -0.3 is 5.32 Å². The number of aryl methyl sites for hydroxylation is 2. The SMILES string of the molecule is Cc1ccc(CCCC(=O)NCCc2csc3ncnn23)cc1. The summed E-state index contributed by atoms with van der Waals surface area (Å²) in [4.78, 5) is 16.9. The van der Waals surface area contributed by atoms with Gasteiger partial charge in [-0.05, 0) is 25.3 Å². The fraction of sp³-hybridized carbons (Fsp3) is 0.353. The fourth-order valence-corrected chi connectivity index (χ4v) is 3.30. The van der Waals surface area contributed by atoms with Gasteiger partial charge in [0, 0.05) is 24.8 Å². The zero-order chi connectivity index (χ0) is 16.1. The summed E-state index contributed by atoms with van der Waals surface area (Å²) in [5, 5.41) is 9.19. The third kappa shape index (κ3) is 4.16. The number of hydrogen-bond donors (Lipinski definition) is 1. The minimum atomic E-state index is 0.113. The van der Waals surface area contributed by atoms with E-state index in [1.807, 2.05) is 9.90 Å². The Morgan fingerprint density at radius 1 is 1.26 bits per heavy atom. The maximum Gasteiger partial charge on any atom is 0.220 e. The summed E-state index contributed by atoms with van der Waals surface area (Å²) in [5.41, 5.74) is 3.64. The van der Waals surface area contributed by atoms with E-state index < -0.39 is 0 Å². The molecule has 23 heavy (non-hydrogen) atoms. The Hall–Kier alpha value is -2.21. The zero-order valence-electron chi connectivity index (χ0n) is 13.2. The van der Waals surface area contributed by atoms with Crippen LogP contribution in [0.5, 0.6) is 0 Å². The van der Waals surface area contributed by atoms with Gasteiger partial charge in [0.2, 0.25) is 10.9 Å². The Bertz CT molecular complexity index is 775. The number of aromatic nitrogens is 3. The lowest BCUT2D eigenvalue weighted by Crippen LogP contribution is -2.25. The highest BCUT2D eigenvalue weighted by Crippen LogP contribution is 2.12. The van der Waals surface area contributed by atoms with E-state index in [0.29, 0.717) is 13.0 Å². The molecular formula is C17H20N4OS. The molecule has 6 heteroatoms. The minimum absolute atomic E-state index is 0.113. The summed E-state index contributed by atoms with van der Waals surface area (Å²) < 4.78 is 1.83. The van der Waals surface area contributed by atoms with Gasteiger partial charge in [-0.3, -0.25) is 4.79 Å². The summed E-state index contributed by atoms with van der Waals surface area (Å²) in [7, 11) is 0. The van der Waals surface area contributed by atoms with Gasteiger partial charge in [0.05, 0.1) is 5.69 Å². The second kappa shape index (κ2) is 7.37. The van der Waals surface area contributed by atoms with E-state index in [0.717, 1.165) is 29.9 Å². The van der Waals surface area contributed by atoms with Crippen LogP contribution in [0.15, 0.2) is 36.0 Å². The molecule has 0 aliphatic carbocycles. The van der Waals surface area contributed by atoms with Crippen LogP contribution >= 0.6 is 11.3 Å². The molecule has 0 atom stereocenters. The van der Waals surface area contributed by atoms with Crippen molar-refractivity contribution in [3.8, 4) is 0 Å². The molecule has 0 radical (unpaired) electrons. The third-order valence-corrected chi connectivity index (χ3v) is 4.66. The van der Waals surface area contributed by atoms with Crippen molar-refractivity contribution in [3.63, 3.8) is 0 Å². The van der Waals surface area contributed by atoms with Crippen LogP contribution in [0, 0.1) is 6.92 Å². The molecule has 1 N–H and O–H groups in total. The number of nitrogens with one attached hydrogen (secondary N) is 1. The molecule has 0 spiro atoms. The molecule has 5 nitrogen and oxygen atoms in total. The number of rotatable bonds is 7. The number of fused-ring (bicyclic) bond motifs is 1. The van der Waals surface area contributed by atoms with Crippen LogP contribution in [0.1, 0.15) is 29.7 Å². The molecule has 2 heterocycles. The van der Waals surface area contributed by atoms with E-state index in [9.17, 15) is 4.79 Å². The molecule has 0 aliphatic heterocycles. The van der Waals surface area contributed by atoms with Gasteiger partial charge in [0.25, 0.3) is 0 Å². The summed E-state index contributed by atoms with van der Waals surface area (Å²) in [6.45, 7) is 2.72. The molecule has 0 aliphatic rings. The molecule has 0 saturated heterocycles. The smallest absolute Gasteiger partial charge is 0.220 e. The molecule has 3 aromatic rings. The zero-order valence-corrected chi connectivity index (χ0v) is 14.0. The van der Waals surface area contributed by atoms with Gasteiger partial charge in [-0.2, -0.15) is 5.10 Å². The summed E-state index contributed by atoms with van der Waals surface area (Å²) in [6.07, 6.45) is 4.71. The number of carbonyl (C=O) groups is 1. The highest BCUT2D eigenvalue weighted by molar-refractivity contribution is 7.15. The molecule has 1 aromatic carbocycles. The van der Waals surface area contributed by atoms with Crippen LogP contribution in [0.25, 0.3) is 4.96 Å². The highest BCUT2D eigenvalue weighted by Gasteiger charge is 2.06. The third-order valence-electron chi connectivity index (χ3n) is 3.78. The quantitative estimate of drug-likeness (QED) is 0.725. The topological polar surface area (TPSA) is 59.3 Å². The van der Waals surface area contributed by atoms with Crippen molar-refractivity contribution in [2.45, 2.75) is 32.6 Å². The number of thiazole rings is 1. The monoisotopic (exact) mass is 328 g/mol. The number of hydrogen-bond acceptors (Lipinski definition) is 4. The van der Waals surface area contributed by atoms with E-state index in [-0.39, 0.29) is 5.91 Å². The Kier molecular flexibility index (Phi) is 5.02. The van der Waals surface area contributed by atoms with E-state index in [1.165, 1.54) is 11.1 Å². The van der Waals surface area contributed by atoms with Crippen LogP contribution in [-0.2, 0) is 17.6 Å². The molecule has 3 rings (SSSR count). The van der Waals surface area contributed by atoms with Gasteiger partial charge in [-0.25, -0.2) is 9.50 Å². The second-order valence-corrected chi connectivity index (χ2v) is 6.46. The van der Waals surface area contributed by atoms with Crippen molar-refractivity contribution >= 4 is 22.2 Å². The first-order valence-corrected chi connectivity index (χ1v) is 8.69. The second-order valence-electron chi connectivity index (χ2n) is 5.62. The van der Waals surface area contributed by atoms with Gasteiger partial charge in [-0.1, -0.05) is 29.8 Å². The van der Waals surface area contributed by atoms with Crippen molar-refractivity contribution in [1.82, 2.24) is 19.9 Å². The van der Waals surface area contributed by atoms with Gasteiger partial charge >= 0.3 is 0 Å². The van der Waals surface area contributed by atoms with Crippen molar-refractivity contribution in [2.75, 3.05) is 6.54 Å². The molecule has 0 unspecified atom stereocenters. The Morgan fingerprint density at radius 3 is 2.91 bits per heavy atom. The number of nitrogens with zero attached hydrogens (tertiary/aromatic N) is 3. The maximum atomic E-state index is 11.9. The van der Waals surface area contributed by atoms with Crippen molar-refractivity contribution in [3.05, 3.63) is 52.8 Å². The predicted octanol–water partition coefficient (Wildman–Crippen LogP) is 2.78. The predicted molar refractivity (Wildman–Crippen MR) is 91.7 cm³/mol. The van der Waals surface area contributed by atoms with Crippen molar-refractivity contribution in [1.29, 1.82) is 0 Å². The first-order chi connectivity index (χ1) is 11.2. The van der Waals surface area contributed by atoms with E-state index in [1.54, 1.807) is 17.7 Å². The Morgan fingerprint density at radius 2 is 2.09 bits per heavy atom. The first kappa shape index (κ1) is 15.7. The molecule has 0 saturated carbocycles. The number of amides is 1. The standard InChI is InChI=1S/C17H20N4OS/c1-13-5-7-14(8-6-13)3-2-4-16(22)18-10-9-15-11-23-17-19-12-20-21(15)17/h5-8,11-12H,2-4,9-10H2,1H3,(H,18,22). The lowest BCUT2D eigenvalue weighted by atomic mass is 10.1. The molecular weight excluding hydrogens is 308 g/mol. The van der Waals surface area contributed by atoms with E-state index in [2.05, 4.69) is 46.6 Å². The molecule has 0 fully saturated rings. The fourth-order valence-electron chi connectivity index (χ4n) is 2.47. The summed E-state index contributed by atoms with van der Waals surface area (Å²) in [6, 6.07) is 8.49. The average molecular weight is 328 g/mol. The van der Waals surface area contributed by atoms with E-state index in [4.69, 9.17) is 0 Å². The lowest BCUT2D eigenvalue weighted by Gasteiger charge is -2.05. The Labute approximate surface area is 139 Å². The van der Waals surface area contributed by atoms with Gasteiger partial charge in [0.1, 0.15) is 6.33 Å². The minimum Gasteiger partial charge on any atom is -0.356 e. The van der Waals surface area contributed by atoms with Crippen LogP contribution in [-0.4, -0.2) is 27.0 Å². The first-order valence-electron chi connectivity index (χ1n) is 7.81. The summed E-state index contributed by atoms with van der Waals surface area (Å²) in [5.74, 6) is 0.113. The summed E-state index contributed by atoms with van der Waals surface area (Å²) >= 11 is 1.57. The van der Waals surface area contributed by atoms with E-state index >= 15 is 0 Å². The van der Waals surface area contributed by atoms with Crippen LogP contribution < -0.4 is 5.32 Å². The maximum absolute atomic E-state index is 11.9. The molecule has 2 aromatic heterocycles. The molecule has 1 amide bonds. The lowest BCUT2D eigenvalue weighted by molar-refractivity contribution is -0.121. The average Bonchev–Trinajstić information content (AvgIpc) is 3.14. The number of carbonyl (C=O) groups excluding carboxylic acids is 1. The van der Waals surface area contributed by atoms with Crippen molar-refractivity contribution < 1.29 is 4.79 Å². The highest BCUT2D eigenvalue weighted by atomic mass is 32.1. The molecule has 0 bridgehead atoms. The van der Waals surface area contributed by atoms with Gasteiger partial charge in [0.15, 0.2) is 0 Å². The van der Waals surface area contributed by atoms with Crippen molar-refractivity contribution in [2.24, 2.45) is 0 Å². The van der Waals surface area contributed by atoms with Crippen LogP contribution in [0.2, 0.25) is 0 Å².